The summed E-state index contributed by atoms with van der Waals surface area (Å²) in [5, 5.41) is -0.675. The maximum absolute atomic E-state index is 12.3. The molecule has 0 fully saturated rings. The smallest absolute Gasteiger partial charge is 0.279 e. The summed E-state index contributed by atoms with van der Waals surface area (Å²) in [6, 6.07) is 0.508. The van der Waals surface area contributed by atoms with Crippen LogP contribution in [0.2, 0.25) is 5.02 Å². The van der Waals surface area contributed by atoms with Gasteiger partial charge < -0.3 is 4.98 Å². The van der Waals surface area contributed by atoms with E-state index < -0.39 is 28.5 Å². The number of aromatic nitrogens is 1. The first kappa shape index (κ1) is 9.12. The Hall–Kier alpha value is -0.970. The SMILES string of the molecule is O=c1cc(F)[nH]c(C(F)F)c1Cl. The number of hydrogen-bond acceptors (Lipinski definition) is 1. The molecule has 66 valence electrons. The van der Waals surface area contributed by atoms with E-state index in [0.717, 1.165) is 0 Å². The molecule has 1 rings (SSSR count). The second-order valence-corrected chi connectivity index (χ2v) is 2.39. The van der Waals surface area contributed by atoms with Gasteiger partial charge in [-0.3, -0.25) is 4.79 Å². The fourth-order valence-corrected chi connectivity index (χ4v) is 0.865. The molecule has 0 unspecified atom stereocenters. The van der Waals surface area contributed by atoms with Crippen LogP contribution in [0.25, 0.3) is 0 Å². The lowest BCUT2D eigenvalue weighted by Gasteiger charge is -2.01. The number of pyridine rings is 1. The van der Waals surface area contributed by atoms with Gasteiger partial charge in [0.15, 0.2) is 5.95 Å². The van der Waals surface area contributed by atoms with Crippen molar-refractivity contribution in [2.45, 2.75) is 6.43 Å². The van der Waals surface area contributed by atoms with Gasteiger partial charge in [-0.1, -0.05) is 11.6 Å². The molecule has 1 heterocycles. The number of rotatable bonds is 1. The number of alkyl halides is 2. The third-order valence-corrected chi connectivity index (χ3v) is 1.57. The van der Waals surface area contributed by atoms with Crippen LogP contribution >= 0.6 is 11.6 Å². The van der Waals surface area contributed by atoms with Crippen LogP contribution in [0.4, 0.5) is 13.2 Å². The summed E-state index contributed by atoms with van der Waals surface area (Å²) in [4.78, 5) is 12.3. The van der Waals surface area contributed by atoms with E-state index in [1.807, 2.05) is 0 Å². The van der Waals surface area contributed by atoms with Crippen molar-refractivity contribution in [1.82, 2.24) is 4.98 Å². The first-order chi connectivity index (χ1) is 5.52. The van der Waals surface area contributed by atoms with Gasteiger partial charge in [-0.2, -0.15) is 4.39 Å². The lowest BCUT2D eigenvalue weighted by atomic mass is 10.3. The average Bonchev–Trinajstić information content (AvgIpc) is 1.96. The molecule has 1 aromatic rings. The third-order valence-electron chi connectivity index (χ3n) is 1.18. The molecule has 0 radical (unpaired) electrons. The Morgan fingerprint density at radius 1 is 1.50 bits per heavy atom. The van der Waals surface area contributed by atoms with Gasteiger partial charge in [0.05, 0.1) is 0 Å². The summed E-state index contributed by atoms with van der Waals surface area (Å²) in [5.41, 5.74) is -1.84. The van der Waals surface area contributed by atoms with E-state index in [4.69, 9.17) is 11.6 Å². The standard InChI is InChI=1S/C6H3ClF3NO/c7-4-2(12)1-3(8)11-5(4)6(9)10/h1,6H,(H,11,12). The van der Waals surface area contributed by atoms with E-state index in [1.54, 1.807) is 4.98 Å². The largest absolute Gasteiger partial charge is 0.329 e. The number of aromatic amines is 1. The van der Waals surface area contributed by atoms with Crippen LogP contribution < -0.4 is 5.43 Å². The van der Waals surface area contributed by atoms with Gasteiger partial charge in [0, 0.05) is 6.07 Å². The van der Waals surface area contributed by atoms with E-state index >= 15 is 0 Å². The quantitative estimate of drug-likeness (QED) is 0.687. The van der Waals surface area contributed by atoms with Crippen LogP contribution in [0.15, 0.2) is 10.9 Å². The van der Waals surface area contributed by atoms with E-state index in [9.17, 15) is 18.0 Å². The molecular weight excluding hydrogens is 195 g/mol. The topological polar surface area (TPSA) is 32.9 Å². The number of H-pyrrole nitrogens is 1. The molecule has 0 aliphatic carbocycles. The molecule has 0 bridgehead atoms. The molecule has 0 amide bonds. The Kier molecular flexibility index (Phi) is 2.42. The van der Waals surface area contributed by atoms with Crippen molar-refractivity contribution in [3.63, 3.8) is 0 Å². The molecule has 0 aliphatic heterocycles. The minimum absolute atomic E-state index is 0.508. The zero-order chi connectivity index (χ0) is 9.30. The first-order valence-electron chi connectivity index (χ1n) is 2.88. The predicted octanol–water partition coefficient (Wildman–Crippen LogP) is 2.10. The Morgan fingerprint density at radius 2 is 2.08 bits per heavy atom. The van der Waals surface area contributed by atoms with Crippen molar-refractivity contribution in [3.8, 4) is 0 Å². The van der Waals surface area contributed by atoms with Gasteiger partial charge in [-0.25, -0.2) is 8.78 Å². The van der Waals surface area contributed by atoms with Crippen LogP contribution in [0.5, 0.6) is 0 Å². The molecule has 1 N–H and O–H groups in total. The predicted molar refractivity (Wildman–Crippen MR) is 37.0 cm³/mol. The van der Waals surface area contributed by atoms with Gasteiger partial charge in [0.1, 0.15) is 10.7 Å². The number of halogens is 4. The molecule has 1 aromatic heterocycles. The monoisotopic (exact) mass is 197 g/mol. The number of nitrogens with one attached hydrogen (secondary N) is 1. The van der Waals surface area contributed by atoms with Crippen LogP contribution in [0.3, 0.4) is 0 Å². The van der Waals surface area contributed by atoms with E-state index in [1.165, 1.54) is 0 Å². The van der Waals surface area contributed by atoms with E-state index in [-0.39, 0.29) is 0 Å². The molecule has 0 spiro atoms. The normalized spacial score (nSPS) is 10.8. The summed E-state index contributed by atoms with van der Waals surface area (Å²) in [6.07, 6.45) is -2.99. The molecule has 6 heteroatoms. The maximum Gasteiger partial charge on any atom is 0.279 e. The lowest BCUT2D eigenvalue weighted by Crippen LogP contribution is -2.08. The Bertz CT molecular complexity index is 349. The molecule has 2 nitrogen and oxygen atoms in total. The van der Waals surface area contributed by atoms with Crippen molar-refractivity contribution < 1.29 is 13.2 Å². The Morgan fingerprint density at radius 3 is 2.58 bits per heavy atom. The third kappa shape index (κ3) is 1.61. The summed E-state index contributed by atoms with van der Waals surface area (Å²) >= 11 is 5.17. The van der Waals surface area contributed by atoms with Crippen molar-refractivity contribution >= 4 is 11.6 Å². The highest BCUT2D eigenvalue weighted by Crippen LogP contribution is 2.21. The molecule has 0 aliphatic rings. The lowest BCUT2D eigenvalue weighted by molar-refractivity contribution is 0.145. The second kappa shape index (κ2) is 3.18. The first-order valence-corrected chi connectivity index (χ1v) is 3.26. The maximum atomic E-state index is 12.3. The molecule has 0 saturated carbocycles. The second-order valence-electron chi connectivity index (χ2n) is 2.01. The highest BCUT2D eigenvalue weighted by molar-refractivity contribution is 6.31. The van der Waals surface area contributed by atoms with E-state index in [0.29, 0.717) is 6.07 Å². The molecule has 12 heavy (non-hydrogen) atoms. The van der Waals surface area contributed by atoms with Crippen molar-refractivity contribution in [1.29, 1.82) is 0 Å². The fraction of sp³-hybridized carbons (Fsp3) is 0.167. The Labute approximate surface area is 70.0 Å². The molecule has 0 aromatic carbocycles. The van der Waals surface area contributed by atoms with Gasteiger partial charge in [0.2, 0.25) is 5.43 Å². The van der Waals surface area contributed by atoms with Gasteiger partial charge in [0.25, 0.3) is 6.43 Å². The van der Waals surface area contributed by atoms with Gasteiger partial charge in [-0.15, -0.1) is 0 Å². The minimum Gasteiger partial charge on any atom is -0.329 e. The number of hydrogen-bond donors (Lipinski definition) is 1. The summed E-state index contributed by atoms with van der Waals surface area (Å²) in [7, 11) is 0. The fourth-order valence-electron chi connectivity index (χ4n) is 0.681. The highest BCUT2D eigenvalue weighted by atomic mass is 35.5. The van der Waals surface area contributed by atoms with Crippen molar-refractivity contribution in [2.24, 2.45) is 0 Å². The molecular formula is C6H3ClF3NO. The van der Waals surface area contributed by atoms with Crippen molar-refractivity contribution in [3.05, 3.63) is 33.0 Å². The Balaban J connectivity index is 3.38. The van der Waals surface area contributed by atoms with Crippen LogP contribution in [-0.4, -0.2) is 4.98 Å². The average molecular weight is 198 g/mol. The minimum atomic E-state index is -2.99. The van der Waals surface area contributed by atoms with Gasteiger partial charge in [-0.05, 0) is 0 Å². The summed E-state index contributed by atoms with van der Waals surface area (Å²) < 4.78 is 36.3. The van der Waals surface area contributed by atoms with Crippen LogP contribution in [-0.2, 0) is 0 Å². The van der Waals surface area contributed by atoms with Crippen molar-refractivity contribution in [2.75, 3.05) is 0 Å². The van der Waals surface area contributed by atoms with E-state index in [2.05, 4.69) is 0 Å². The molecule has 0 atom stereocenters. The van der Waals surface area contributed by atoms with Gasteiger partial charge >= 0.3 is 0 Å². The van der Waals surface area contributed by atoms with Crippen LogP contribution in [0.1, 0.15) is 12.1 Å². The summed E-state index contributed by atoms with van der Waals surface area (Å²) in [6.45, 7) is 0. The highest BCUT2D eigenvalue weighted by Gasteiger charge is 2.15. The zero-order valence-electron chi connectivity index (χ0n) is 5.57. The molecule has 0 saturated heterocycles. The zero-order valence-corrected chi connectivity index (χ0v) is 6.33. The summed E-state index contributed by atoms with van der Waals surface area (Å²) in [5.74, 6) is -1.13. The van der Waals surface area contributed by atoms with Crippen LogP contribution in [0, 0.1) is 5.95 Å².